The molecule has 0 fully saturated rings. The summed E-state index contributed by atoms with van der Waals surface area (Å²) in [5.74, 6) is 0.188. The van der Waals surface area contributed by atoms with E-state index in [1.54, 1.807) is 16.7 Å². The summed E-state index contributed by atoms with van der Waals surface area (Å²) in [4.78, 5) is 35.5. The minimum Gasteiger partial charge on any atom is -0.496 e. The minimum absolute atomic E-state index is 0.0308. The average molecular weight is 485 g/mol. The first-order valence-electron chi connectivity index (χ1n) is 10.3. The van der Waals surface area contributed by atoms with Crippen molar-refractivity contribution >= 4 is 35.0 Å². The van der Waals surface area contributed by atoms with Crippen LogP contribution in [0.2, 0.25) is 0 Å². The van der Waals surface area contributed by atoms with E-state index in [2.05, 4.69) is 20.8 Å². The Morgan fingerprint density at radius 1 is 1.21 bits per heavy atom. The molecule has 34 heavy (non-hydrogen) atoms. The summed E-state index contributed by atoms with van der Waals surface area (Å²) < 4.78 is 6.79. The molecule has 0 saturated heterocycles. The predicted molar refractivity (Wildman–Crippen MR) is 127 cm³/mol. The highest BCUT2D eigenvalue weighted by Gasteiger charge is 2.19. The van der Waals surface area contributed by atoms with Crippen LogP contribution in [-0.4, -0.2) is 44.4 Å². The highest BCUT2D eigenvalue weighted by Crippen LogP contribution is 2.29. The molecule has 3 aromatic rings. The van der Waals surface area contributed by atoms with E-state index >= 15 is 0 Å². The number of hydrogen-bond acceptors (Lipinski definition) is 8. The molecule has 0 bridgehead atoms. The van der Waals surface area contributed by atoms with E-state index in [1.807, 2.05) is 26.0 Å². The topological polar surface area (TPSA) is 141 Å². The number of thioether (sulfide) groups is 1. The van der Waals surface area contributed by atoms with Crippen LogP contribution >= 0.6 is 11.8 Å². The fourth-order valence-corrected chi connectivity index (χ4v) is 3.95. The molecule has 0 aliphatic heterocycles. The van der Waals surface area contributed by atoms with Gasteiger partial charge in [-0.05, 0) is 38.1 Å². The van der Waals surface area contributed by atoms with Gasteiger partial charge in [0.1, 0.15) is 11.4 Å². The number of methoxy groups -OCH3 is 1. The van der Waals surface area contributed by atoms with Crippen molar-refractivity contribution < 1.29 is 19.2 Å². The SMILES string of the molecule is CCn1c(CNC(=O)c2cccc(C)c2)nnc1SCC(=O)Nc1ccc(OC)cc1[N+](=O)[O-]. The maximum absolute atomic E-state index is 12.4. The monoisotopic (exact) mass is 484 g/mol. The highest BCUT2D eigenvalue weighted by atomic mass is 32.2. The number of rotatable bonds is 10. The summed E-state index contributed by atoms with van der Waals surface area (Å²) in [7, 11) is 1.40. The van der Waals surface area contributed by atoms with Crippen LogP contribution in [0.5, 0.6) is 5.75 Å². The smallest absolute Gasteiger partial charge is 0.296 e. The second-order valence-corrected chi connectivity index (χ2v) is 8.11. The van der Waals surface area contributed by atoms with Crippen molar-refractivity contribution in [2.24, 2.45) is 0 Å². The molecule has 0 saturated carbocycles. The Morgan fingerprint density at radius 2 is 2.00 bits per heavy atom. The molecule has 0 atom stereocenters. The molecule has 178 valence electrons. The van der Waals surface area contributed by atoms with Gasteiger partial charge in [-0.3, -0.25) is 19.7 Å². The number of nitrogens with zero attached hydrogens (tertiary/aromatic N) is 4. The fourth-order valence-electron chi connectivity index (χ4n) is 3.13. The van der Waals surface area contributed by atoms with E-state index in [0.717, 1.165) is 17.3 Å². The van der Waals surface area contributed by atoms with Gasteiger partial charge < -0.3 is 19.9 Å². The van der Waals surface area contributed by atoms with Crippen LogP contribution in [0.3, 0.4) is 0 Å². The van der Waals surface area contributed by atoms with Crippen molar-refractivity contribution in [1.82, 2.24) is 20.1 Å². The Hall–Kier alpha value is -3.93. The van der Waals surface area contributed by atoms with E-state index in [0.29, 0.717) is 28.8 Å². The van der Waals surface area contributed by atoms with Gasteiger partial charge in [0.2, 0.25) is 5.91 Å². The summed E-state index contributed by atoms with van der Waals surface area (Å²) in [5.41, 5.74) is 1.36. The van der Waals surface area contributed by atoms with Crippen LogP contribution in [0.25, 0.3) is 0 Å². The van der Waals surface area contributed by atoms with Crippen LogP contribution < -0.4 is 15.4 Å². The Labute approximate surface area is 200 Å². The van der Waals surface area contributed by atoms with Crippen molar-refractivity contribution in [3.05, 3.63) is 69.5 Å². The molecular weight excluding hydrogens is 460 g/mol. The molecular formula is C22H24N6O5S. The molecule has 2 aromatic carbocycles. The number of hydrogen-bond donors (Lipinski definition) is 2. The van der Waals surface area contributed by atoms with Gasteiger partial charge in [0.05, 0.1) is 30.4 Å². The standard InChI is InChI=1S/C22H24N6O5S/c1-4-27-19(12-23-21(30)15-7-5-6-14(2)10-15)25-26-22(27)34-13-20(29)24-17-9-8-16(33-3)11-18(17)28(31)32/h5-11H,4,12-13H2,1-3H3,(H,23,30)(H,24,29). The number of benzene rings is 2. The van der Waals surface area contributed by atoms with Crippen molar-refractivity contribution in [3.8, 4) is 5.75 Å². The number of carbonyl (C=O) groups excluding carboxylic acids is 2. The molecule has 1 heterocycles. The average Bonchev–Trinajstić information content (AvgIpc) is 3.23. The number of amides is 2. The first kappa shape index (κ1) is 24.7. The Bertz CT molecular complexity index is 1210. The summed E-state index contributed by atoms with van der Waals surface area (Å²) in [6.45, 7) is 4.53. The Balaban J connectivity index is 1.61. The molecule has 12 heteroatoms. The number of nitrogens with one attached hydrogen (secondary N) is 2. The lowest BCUT2D eigenvalue weighted by Gasteiger charge is -2.09. The van der Waals surface area contributed by atoms with Crippen molar-refractivity contribution in [2.45, 2.75) is 32.1 Å². The predicted octanol–water partition coefficient (Wildman–Crippen LogP) is 3.18. The largest absolute Gasteiger partial charge is 0.496 e. The normalized spacial score (nSPS) is 10.6. The molecule has 0 spiro atoms. The molecule has 0 aliphatic rings. The van der Waals surface area contributed by atoms with Gasteiger partial charge in [-0.2, -0.15) is 0 Å². The lowest BCUT2D eigenvalue weighted by molar-refractivity contribution is -0.384. The molecule has 0 unspecified atom stereocenters. The van der Waals surface area contributed by atoms with Crippen molar-refractivity contribution in [1.29, 1.82) is 0 Å². The third kappa shape index (κ3) is 6.10. The molecule has 11 nitrogen and oxygen atoms in total. The van der Waals surface area contributed by atoms with Crippen LogP contribution in [0, 0.1) is 17.0 Å². The van der Waals surface area contributed by atoms with Gasteiger partial charge in [0.25, 0.3) is 11.6 Å². The molecule has 0 radical (unpaired) electrons. The summed E-state index contributed by atoms with van der Waals surface area (Å²) >= 11 is 1.14. The van der Waals surface area contributed by atoms with Gasteiger partial charge in [-0.1, -0.05) is 29.5 Å². The van der Waals surface area contributed by atoms with E-state index in [9.17, 15) is 19.7 Å². The summed E-state index contributed by atoms with van der Waals surface area (Å²) in [6.07, 6.45) is 0. The number of nitro groups is 1. The highest BCUT2D eigenvalue weighted by molar-refractivity contribution is 7.99. The summed E-state index contributed by atoms with van der Waals surface area (Å²) in [6, 6.07) is 11.5. The second-order valence-electron chi connectivity index (χ2n) is 7.17. The summed E-state index contributed by atoms with van der Waals surface area (Å²) in [5, 5.41) is 25.4. The van der Waals surface area contributed by atoms with Gasteiger partial charge in [-0.15, -0.1) is 10.2 Å². The molecule has 0 aliphatic carbocycles. The van der Waals surface area contributed by atoms with Gasteiger partial charge in [-0.25, -0.2) is 0 Å². The maximum Gasteiger partial charge on any atom is 0.296 e. The van der Waals surface area contributed by atoms with E-state index in [1.165, 1.54) is 25.3 Å². The van der Waals surface area contributed by atoms with Crippen LogP contribution in [0.1, 0.15) is 28.7 Å². The van der Waals surface area contributed by atoms with Crippen LogP contribution in [0.15, 0.2) is 47.6 Å². The second kappa shape index (κ2) is 11.3. The van der Waals surface area contributed by atoms with Crippen molar-refractivity contribution in [2.75, 3.05) is 18.2 Å². The number of carbonyl (C=O) groups is 2. The lowest BCUT2D eigenvalue weighted by atomic mass is 10.1. The first-order valence-corrected chi connectivity index (χ1v) is 11.3. The lowest BCUT2D eigenvalue weighted by Crippen LogP contribution is -2.25. The maximum atomic E-state index is 12.4. The van der Waals surface area contributed by atoms with Gasteiger partial charge in [0, 0.05) is 12.1 Å². The molecule has 2 amide bonds. The number of ether oxygens (including phenoxy) is 1. The van der Waals surface area contributed by atoms with E-state index in [-0.39, 0.29) is 29.6 Å². The van der Waals surface area contributed by atoms with Crippen LogP contribution in [0.4, 0.5) is 11.4 Å². The van der Waals surface area contributed by atoms with Crippen LogP contribution in [-0.2, 0) is 17.9 Å². The van der Waals surface area contributed by atoms with Gasteiger partial charge in [0.15, 0.2) is 11.0 Å². The Kier molecular flexibility index (Phi) is 8.19. The molecule has 1 aromatic heterocycles. The molecule has 2 N–H and O–H groups in total. The Morgan fingerprint density at radius 3 is 2.68 bits per heavy atom. The fraction of sp³-hybridized carbons (Fsp3) is 0.273. The van der Waals surface area contributed by atoms with E-state index in [4.69, 9.17) is 4.74 Å². The number of aromatic nitrogens is 3. The first-order chi connectivity index (χ1) is 16.3. The third-order valence-corrected chi connectivity index (χ3v) is 5.77. The van der Waals surface area contributed by atoms with Crippen molar-refractivity contribution in [3.63, 3.8) is 0 Å². The van der Waals surface area contributed by atoms with E-state index < -0.39 is 10.8 Å². The zero-order valence-corrected chi connectivity index (χ0v) is 19.7. The number of nitro benzene ring substituents is 1. The quantitative estimate of drug-likeness (QED) is 0.254. The minimum atomic E-state index is -0.587. The number of aryl methyl sites for hydroxylation is 1. The third-order valence-electron chi connectivity index (χ3n) is 4.81. The zero-order chi connectivity index (χ0) is 24.7. The molecule has 3 rings (SSSR count). The number of anilines is 1. The zero-order valence-electron chi connectivity index (χ0n) is 18.9. The van der Waals surface area contributed by atoms with Gasteiger partial charge >= 0.3 is 0 Å².